The minimum atomic E-state index is 0.0410. The summed E-state index contributed by atoms with van der Waals surface area (Å²) < 4.78 is 0. The fraction of sp³-hybridized carbons (Fsp3) is 0.200. The van der Waals surface area contributed by atoms with Gasteiger partial charge in [-0.05, 0) is 62.7 Å². The first-order valence-electron chi connectivity index (χ1n) is 8.49. The van der Waals surface area contributed by atoms with Gasteiger partial charge >= 0.3 is 0 Å². The van der Waals surface area contributed by atoms with Gasteiger partial charge < -0.3 is 10.2 Å². The number of hydrogen-bond acceptors (Lipinski definition) is 6. The summed E-state index contributed by atoms with van der Waals surface area (Å²) >= 11 is 0. The second-order valence-electron chi connectivity index (χ2n) is 5.98. The minimum absolute atomic E-state index is 0.0410. The Labute approximate surface area is 152 Å². The summed E-state index contributed by atoms with van der Waals surface area (Å²) in [6.07, 6.45) is 1.58. The highest BCUT2D eigenvalue weighted by atomic mass is 16.1. The molecule has 0 radical (unpaired) electrons. The van der Waals surface area contributed by atoms with Gasteiger partial charge in [0.2, 0.25) is 0 Å². The van der Waals surface area contributed by atoms with Crippen LogP contribution in [0.3, 0.4) is 0 Å². The number of aryl methyl sites for hydroxylation is 1. The molecule has 0 atom stereocenters. The van der Waals surface area contributed by atoms with Gasteiger partial charge in [0.25, 0.3) is 5.95 Å². The van der Waals surface area contributed by atoms with E-state index in [0.717, 1.165) is 17.9 Å². The number of aromatic nitrogens is 3. The van der Waals surface area contributed by atoms with Crippen molar-refractivity contribution >= 4 is 28.9 Å². The lowest BCUT2D eigenvalue weighted by atomic mass is 10.1. The van der Waals surface area contributed by atoms with Crippen LogP contribution in [0.5, 0.6) is 0 Å². The zero-order chi connectivity index (χ0) is 18.5. The molecule has 1 aromatic heterocycles. The van der Waals surface area contributed by atoms with Crippen LogP contribution < -0.4 is 10.2 Å². The van der Waals surface area contributed by atoms with Crippen LogP contribution in [0.4, 0.5) is 23.1 Å². The van der Waals surface area contributed by atoms with Crippen LogP contribution in [0.15, 0.2) is 54.7 Å². The van der Waals surface area contributed by atoms with Gasteiger partial charge in [-0.15, -0.1) is 5.10 Å². The number of carbonyl (C=O) groups is 1. The summed E-state index contributed by atoms with van der Waals surface area (Å²) in [5.41, 5.74) is 3.71. The molecular weight excluding hydrogens is 326 g/mol. The molecule has 2 aromatic carbocycles. The average molecular weight is 347 g/mol. The molecule has 1 N–H and O–H groups in total. The Hall–Kier alpha value is -3.28. The highest BCUT2D eigenvalue weighted by molar-refractivity contribution is 5.94. The molecule has 0 saturated carbocycles. The maximum Gasteiger partial charge on any atom is 0.251 e. The third-order valence-electron chi connectivity index (χ3n) is 3.98. The molecule has 6 heteroatoms. The Balaban J connectivity index is 1.84. The number of rotatable bonds is 6. The number of ketones is 1. The lowest BCUT2D eigenvalue weighted by Crippen LogP contribution is -2.19. The van der Waals surface area contributed by atoms with Crippen LogP contribution in [0.1, 0.15) is 29.8 Å². The van der Waals surface area contributed by atoms with Crippen LogP contribution >= 0.6 is 0 Å². The maximum absolute atomic E-state index is 11.4. The van der Waals surface area contributed by atoms with Crippen LogP contribution in [-0.4, -0.2) is 27.5 Å². The summed E-state index contributed by atoms with van der Waals surface area (Å²) in [5, 5.41) is 11.4. The molecule has 0 spiro atoms. The molecule has 0 aliphatic rings. The third-order valence-corrected chi connectivity index (χ3v) is 3.98. The SMILES string of the molecule is CCN(c1cccc(C)c1)c1nncc(Nc2ccc(C(C)=O)cc2)n1. The number of nitrogens with one attached hydrogen (secondary N) is 1. The van der Waals surface area contributed by atoms with E-state index in [1.54, 1.807) is 25.3 Å². The predicted octanol–water partition coefficient (Wildman–Crippen LogP) is 4.28. The summed E-state index contributed by atoms with van der Waals surface area (Å²) in [5.74, 6) is 1.17. The first-order valence-corrected chi connectivity index (χ1v) is 8.49. The molecule has 0 aliphatic carbocycles. The van der Waals surface area contributed by atoms with Gasteiger partial charge in [0.05, 0.1) is 6.20 Å². The molecule has 0 unspecified atom stereocenters. The molecule has 26 heavy (non-hydrogen) atoms. The monoisotopic (exact) mass is 347 g/mol. The number of Topliss-reactive ketones (excluding diaryl/α,β-unsaturated/α-hetero) is 1. The fourth-order valence-corrected chi connectivity index (χ4v) is 2.64. The van der Waals surface area contributed by atoms with Gasteiger partial charge in [0.1, 0.15) is 0 Å². The quantitative estimate of drug-likeness (QED) is 0.671. The van der Waals surface area contributed by atoms with Gasteiger partial charge in [0, 0.05) is 23.5 Å². The molecule has 3 aromatic rings. The van der Waals surface area contributed by atoms with E-state index >= 15 is 0 Å². The summed E-state index contributed by atoms with van der Waals surface area (Å²) in [6.45, 7) is 6.38. The Morgan fingerprint density at radius 3 is 2.58 bits per heavy atom. The average Bonchev–Trinajstić information content (AvgIpc) is 2.63. The number of hydrogen-bond donors (Lipinski definition) is 1. The molecular formula is C20H21N5O. The predicted molar refractivity (Wildman–Crippen MR) is 103 cm³/mol. The number of nitrogens with zero attached hydrogens (tertiary/aromatic N) is 4. The summed E-state index contributed by atoms with van der Waals surface area (Å²) in [7, 11) is 0. The lowest BCUT2D eigenvalue weighted by Gasteiger charge is -2.21. The first kappa shape index (κ1) is 17.5. The smallest absolute Gasteiger partial charge is 0.251 e. The van der Waals surface area contributed by atoms with Crippen molar-refractivity contribution in [3.8, 4) is 0 Å². The van der Waals surface area contributed by atoms with Crippen LogP contribution in [-0.2, 0) is 0 Å². The lowest BCUT2D eigenvalue weighted by molar-refractivity contribution is 0.101. The van der Waals surface area contributed by atoms with E-state index in [4.69, 9.17) is 0 Å². The van der Waals surface area contributed by atoms with Crippen molar-refractivity contribution in [1.82, 2.24) is 15.2 Å². The van der Waals surface area contributed by atoms with Crippen LogP contribution in [0.2, 0.25) is 0 Å². The summed E-state index contributed by atoms with van der Waals surface area (Å²) in [6, 6.07) is 15.4. The topological polar surface area (TPSA) is 71.0 Å². The van der Waals surface area contributed by atoms with Gasteiger partial charge in [0.15, 0.2) is 11.6 Å². The largest absolute Gasteiger partial charge is 0.339 e. The van der Waals surface area contributed by atoms with E-state index in [2.05, 4.69) is 39.6 Å². The second-order valence-corrected chi connectivity index (χ2v) is 5.98. The van der Waals surface area contributed by atoms with Crippen molar-refractivity contribution in [2.24, 2.45) is 0 Å². The van der Waals surface area contributed by atoms with E-state index in [-0.39, 0.29) is 5.78 Å². The molecule has 6 nitrogen and oxygen atoms in total. The van der Waals surface area contributed by atoms with E-state index in [1.807, 2.05) is 36.1 Å². The molecule has 3 rings (SSSR count). The number of benzene rings is 2. The van der Waals surface area contributed by atoms with Crippen molar-refractivity contribution in [2.75, 3.05) is 16.8 Å². The molecule has 1 heterocycles. The van der Waals surface area contributed by atoms with Gasteiger partial charge in [-0.1, -0.05) is 12.1 Å². The standard InChI is InChI=1S/C20H21N5O/c1-4-25(18-7-5-6-14(2)12-18)20-23-19(13-21-24-20)22-17-10-8-16(9-11-17)15(3)26/h5-13H,4H2,1-3H3,(H,22,23,24). The zero-order valence-corrected chi connectivity index (χ0v) is 15.1. The molecule has 0 aliphatic heterocycles. The molecule has 0 fully saturated rings. The van der Waals surface area contributed by atoms with Crippen molar-refractivity contribution in [3.05, 3.63) is 65.9 Å². The highest BCUT2D eigenvalue weighted by Crippen LogP contribution is 2.24. The third kappa shape index (κ3) is 4.03. The Kier molecular flexibility index (Phi) is 5.22. The van der Waals surface area contributed by atoms with Crippen molar-refractivity contribution in [3.63, 3.8) is 0 Å². The molecule has 0 saturated heterocycles. The van der Waals surface area contributed by atoms with Crippen LogP contribution in [0.25, 0.3) is 0 Å². The minimum Gasteiger partial charge on any atom is -0.339 e. The molecule has 0 bridgehead atoms. The highest BCUT2D eigenvalue weighted by Gasteiger charge is 2.12. The second kappa shape index (κ2) is 7.74. The summed E-state index contributed by atoms with van der Waals surface area (Å²) in [4.78, 5) is 18.0. The van der Waals surface area contributed by atoms with Crippen molar-refractivity contribution in [2.45, 2.75) is 20.8 Å². The van der Waals surface area contributed by atoms with E-state index < -0.39 is 0 Å². The maximum atomic E-state index is 11.4. The van der Waals surface area contributed by atoms with Crippen molar-refractivity contribution in [1.29, 1.82) is 0 Å². The Bertz CT molecular complexity index is 908. The Morgan fingerprint density at radius 2 is 1.92 bits per heavy atom. The van der Waals surface area contributed by atoms with E-state index in [0.29, 0.717) is 17.3 Å². The number of carbonyl (C=O) groups excluding carboxylic acids is 1. The first-order chi connectivity index (χ1) is 12.6. The zero-order valence-electron chi connectivity index (χ0n) is 15.1. The van der Waals surface area contributed by atoms with Crippen molar-refractivity contribution < 1.29 is 4.79 Å². The fourth-order valence-electron chi connectivity index (χ4n) is 2.64. The van der Waals surface area contributed by atoms with Gasteiger partial charge in [-0.3, -0.25) is 4.79 Å². The van der Waals surface area contributed by atoms with Gasteiger partial charge in [-0.25, -0.2) is 0 Å². The van der Waals surface area contributed by atoms with E-state index in [9.17, 15) is 4.79 Å². The Morgan fingerprint density at radius 1 is 1.15 bits per heavy atom. The molecule has 132 valence electrons. The van der Waals surface area contributed by atoms with E-state index in [1.165, 1.54) is 5.56 Å². The van der Waals surface area contributed by atoms with Crippen LogP contribution in [0, 0.1) is 6.92 Å². The van der Waals surface area contributed by atoms with Gasteiger partial charge in [-0.2, -0.15) is 10.1 Å². The molecule has 0 amide bonds. The number of anilines is 4. The normalized spacial score (nSPS) is 10.4.